The van der Waals surface area contributed by atoms with Crippen molar-refractivity contribution in [1.29, 1.82) is 0 Å². The highest BCUT2D eigenvalue weighted by Crippen LogP contribution is 2.22. The van der Waals surface area contributed by atoms with E-state index in [1.54, 1.807) is 0 Å². The molecule has 0 radical (unpaired) electrons. The zero-order valence-electron chi connectivity index (χ0n) is 13.1. The zero-order chi connectivity index (χ0) is 14.7. The van der Waals surface area contributed by atoms with Crippen molar-refractivity contribution >= 4 is 0 Å². The van der Waals surface area contributed by atoms with Crippen molar-refractivity contribution in [1.82, 2.24) is 10.3 Å². The van der Waals surface area contributed by atoms with E-state index in [1.165, 1.54) is 22.3 Å². The molecule has 0 fully saturated rings. The first-order valence-corrected chi connectivity index (χ1v) is 7.26. The van der Waals surface area contributed by atoms with Gasteiger partial charge in [-0.2, -0.15) is 0 Å². The van der Waals surface area contributed by atoms with E-state index in [4.69, 9.17) is 4.42 Å². The van der Waals surface area contributed by atoms with Crippen molar-refractivity contribution in [2.45, 2.75) is 53.6 Å². The fraction of sp³-hybridized carbons (Fsp3) is 0.471. The summed E-state index contributed by atoms with van der Waals surface area (Å²) in [6.07, 6.45) is 2.70. The van der Waals surface area contributed by atoms with Gasteiger partial charge in [-0.15, -0.1) is 0 Å². The number of hydrogen-bond donors (Lipinski definition) is 1. The maximum atomic E-state index is 5.62. The number of aryl methyl sites for hydroxylation is 4. The first-order chi connectivity index (χ1) is 9.51. The van der Waals surface area contributed by atoms with E-state index >= 15 is 0 Å². The Morgan fingerprint density at radius 2 is 1.85 bits per heavy atom. The van der Waals surface area contributed by atoms with Gasteiger partial charge in [0.1, 0.15) is 5.76 Å². The SMILES string of the molecule is CCc1cnc(CNC(C)c2cc(C)c(C)cc2C)o1. The Hall–Kier alpha value is -1.61. The number of nitrogens with one attached hydrogen (secondary N) is 1. The number of hydrogen-bond acceptors (Lipinski definition) is 3. The second kappa shape index (κ2) is 6.23. The Morgan fingerprint density at radius 1 is 1.15 bits per heavy atom. The van der Waals surface area contributed by atoms with Gasteiger partial charge >= 0.3 is 0 Å². The minimum absolute atomic E-state index is 0.284. The highest BCUT2D eigenvalue weighted by molar-refractivity contribution is 5.38. The third-order valence-electron chi connectivity index (χ3n) is 3.86. The minimum Gasteiger partial charge on any atom is -0.444 e. The molecule has 1 atom stereocenters. The predicted molar refractivity (Wildman–Crippen MR) is 81.8 cm³/mol. The zero-order valence-corrected chi connectivity index (χ0v) is 13.1. The highest BCUT2D eigenvalue weighted by Gasteiger charge is 2.11. The largest absolute Gasteiger partial charge is 0.444 e. The van der Waals surface area contributed by atoms with Gasteiger partial charge in [0.2, 0.25) is 5.89 Å². The molecular weight excluding hydrogens is 248 g/mol. The lowest BCUT2D eigenvalue weighted by Crippen LogP contribution is -2.19. The molecule has 0 aliphatic heterocycles. The van der Waals surface area contributed by atoms with Crippen LogP contribution in [0.25, 0.3) is 0 Å². The van der Waals surface area contributed by atoms with Gasteiger partial charge in [0, 0.05) is 12.5 Å². The van der Waals surface area contributed by atoms with Gasteiger partial charge in [-0.1, -0.05) is 19.1 Å². The average molecular weight is 272 g/mol. The number of aromatic nitrogens is 1. The molecule has 0 bridgehead atoms. The number of benzene rings is 1. The van der Waals surface area contributed by atoms with E-state index in [0.29, 0.717) is 6.54 Å². The lowest BCUT2D eigenvalue weighted by atomic mass is 9.96. The van der Waals surface area contributed by atoms with Crippen molar-refractivity contribution in [3.05, 3.63) is 52.2 Å². The van der Waals surface area contributed by atoms with E-state index in [1.807, 2.05) is 6.20 Å². The lowest BCUT2D eigenvalue weighted by molar-refractivity contribution is 0.424. The monoisotopic (exact) mass is 272 g/mol. The molecule has 1 N–H and O–H groups in total. The molecule has 0 saturated heterocycles. The van der Waals surface area contributed by atoms with Crippen LogP contribution >= 0.6 is 0 Å². The minimum atomic E-state index is 0.284. The van der Waals surface area contributed by atoms with E-state index in [-0.39, 0.29) is 6.04 Å². The van der Waals surface area contributed by atoms with Crippen LogP contribution in [0, 0.1) is 20.8 Å². The standard InChI is InChI=1S/C17H24N2O/c1-6-15-9-19-17(20-15)10-18-14(5)16-8-12(3)11(2)7-13(16)4/h7-9,14,18H,6,10H2,1-5H3. The summed E-state index contributed by atoms with van der Waals surface area (Å²) < 4.78 is 5.62. The molecule has 0 amide bonds. The van der Waals surface area contributed by atoms with Crippen molar-refractivity contribution in [3.8, 4) is 0 Å². The molecule has 3 nitrogen and oxygen atoms in total. The molecule has 0 spiro atoms. The van der Waals surface area contributed by atoms with Crippen LogP contribution < -0.4 is 5.32 Å². The first kappa shape index (κ1) is 14.8. The van der Waals surface area contributed by atoms with Gasteiger partial charge in [-0.05, 0) is 49.9 Å². The van der Waals surface area contributed by atoms with Gasteiger partial charge in [0.05, 0.1) is 12.7 Å². The van der Waals surface area contributed by atoms with Gasteiger partial charge in [0.25, 0.3) is 0 Å². The molecule has 20 heavy (non-hydrogen) atoms. The van der Waals surface area contributed by atoms with E-state index in [0.717, 1.165) is 18.1 Å². The van der Waals surface area contributed by atoms with Crippen molar-refractivity contribution < 1.29 is 4.42 Å². The molecule has 0 aliphatic carbocycles. The van der Waals surface area contributed by atoms with E-state index in [2.05, 4.69) is 57.1 Å². The fourth-order valence-corrected chi connectivity index (χ4v) is 2.39. The van der Waals surface area contributed by atoms with Crippen LogP contribution in [-0.4, -0.2) is 4.98 Å². The van der Waals surface area contributed by atoms with E-state index < -0.39 is 0 Å². The molecule has 0 aliphatic rings. The summed E-state index contributed by atoms with van der Waals surface area (Å²) >= 11 is 0. The summed E-state index contributed by atoms with van der Waals surface area (Å²) in [6, 6.07) is 4.81. The average Bonchev–Trinajstić information content (AvgIpc) is 2.88. The van der Waals surface area contributed by atoms with Gasteiger partial charge in [-0.3, -0.25) is 0 Å². The molecule has 3 heteroatoms. The Bertz CT molecular complexity index is 587. The molecule has 0 saturated carbocycles. The van der Waals surface area contributed by atoms with Gasteiger partial charge in [-0.25, -0.2) is 4.98 Å². The van der Waals surface area contributed by atoms with Crippen LogP contribution in [0.3, 0.4) is 0 Å². The smallest absolute Gasteiger partial charge is 0.208 e. The van der Waals surface area contributed by atoms with Crippen LogP contribution in [0.2, 0.25) is 0 Å². The first-order valence-electron chi connectivity index (χ1n) is 7.26. The van der Waals surface area contributed by atoms with Crippen molar-refractivity contribution in [3.63, 3.8) is 0 Å². The Kier molecular flexibility index (Phi) is 4.61. The van der Waals surface area contributed by atoms with Crippen LogP contribution in [0.15, 0.2) is 22.7 Å². The predicted octanol–water partition coefficient (Wildman–Crippen LogP) is 4.01. The molecule has 1 heterocycles. The number of oxazole rings is 1. The third kappa shape index (κ3) is 3.28. The third-order valence-corrected chi connectivity index (χ3v) is 3.86. The second-order valence-corrected chi connectivity index (χ2v) is 5.47. The van der Waals surface area contributed by atoms with Crippen molar-refractivity contribution in [2.75, 3.05) is 0 Å². The molecule has 108 valence electrons. The lowest BCUT2D eigenvalue weighted by Gasteiger charge is -2.17. The molecular formula is C17H24N2O. The Morgan fingerprint density at radius 3 is 2.50 bits per heavy atom. The maximum Gasteiger partial charge on any atom is 0.208 e. The second-order valence-electron chi connectivity index (χ2n) is 5.47. The summed E-state index contributed by atoms with van der Waals surface area (Å²) in [4.78, 5) is 4.28. The van der Waals surface area contributed by atoms with Crippen LogP contribution in [0.5, 0.6) is 0 Å². The molecule has 1 aromatic carbocycles. The van der Waals surface area contributed by atoms with Gasteiger partial charge in [0.15, 0.2) is 0 Å². The van der Waals surface area contributed by atoms with E-state index in [9.17, 15) is 0 Å². The molecule has 1 aromatic heterocycles. The normalized spacial score (nSPS) is 12.7. The summed E-state index contributed by atoms with van der Waals surface area (Å²) in [5.74, 6) is 1.70. The van der Waals surface area contributed by atoms with Crippen LogP contribution in [-0.2, 0) is 13.0 Å². The molecule has 1 unspecified atom stereocenters. The Labute approximate surface area is 121 Å². The Balaban J connectivity index is 2.04. The maximum absolute atomic E-state index is 5.62. The summed E-state index contributed by atoms with van der Waals surface area (Å²) in [6.45, 7) is 11.4. The van der Waals surface area contributed by atoms with Crippen LogP contribution in [0.1, 0.15) is 53.8 Å². The fourth-order valence-electron chi connectivity index (χ4n) is 2.39. The quantitative estimate of drug-likeness (QED) is 0.893. The molecule has 2 aromatic rings. The number of nitrogens with zero attached hydrogens (tertiary/aromatic N) is 1. The summed E-state index contributed by atoms with van der Waals surface area (Å²) in [5.41, 5.74) is 5.35. The summed E-state index contributed by atoms with van der Waals surface area (Å²) in [5, 5.41) is 3.48. The highest BCUT2D eigenvalue weighted by atomic mass is 16.4. The van der Waals surface area contributed by atoms with Crippen molar-refractivity contribution in [2.24, 2.45) is 0 Å². The van der Waals surface area contributed by atoms with Crippen LogP contribution in [0.4, 0.5) is 0 Å². The number of rotatable bonds is 5. The molecule has 2 rings (SSSR count). The summed E-state index contributed by atoms with van der Waals surface area (Å²) in [7, 11) is 0. The van der Waals surface area contributed by atoms with Gasteiger partial charge < -0.3 is 9.73 Å². The topological polar surface area (TPSA) is 38.1 Å².